The Morgan fingerprint density at radius 1 is 0.737 bits per heavy atom. The summed E-state index contributed by atoms with van der Waals surface area (Å²) in [6, 6.07) is 18.2. The number of nitrogens with one attached hydrogen (secondary N) is 1. The number of rotatable bonds is 1. The molecule has 0 amide bonds. The van der Waals surface area contributed by atoms with Gasteiger partial charge >= 0.3 is 18.6 Å². The van der Waals surface area contributed by atoms with Crippen molar-refractivity contribution in [3.8, 4) is 11.4 Å². The van der Waals surface area contributed by atoms with Crippen molar-refractivity contribution in [2.75, 3.05) is 0 Å². The summed E-state index contributed by atoms with van der Waals surface area (Å²) in [6.45, 7) is 0. The molecule has 0 fully saturated rings. The van der Waals surface area contributed by atoms with Crippen molar-refractivity contribution in [1.29, 1.82) is 0 Å². The maximum atomic E-state index is 4.53. The topological polar surface area (TPSA) is 28.7 Å². The van der Waals surface area contributed by atoms with Crippen LogP contribution >= 0.6 is 0 Å². The van der Waals surface area contributed by atoms with Crippen molar-refractivity contribution in [2.45, 2.75) is 0 Å². The van der Waals surface area contributed by atoms with Gasteiger partial charge in [0.1, 0.15) is 5.82 Å². The summed E-state index contributed by atoms with van der Waals surface area (Å²) in [7, 11) is 0. The van der Waals surface area contributed by atoms with E-state index in [4.69, 9.17) is 0 Å². The number of aromatic nitrogens is 2. The zero-order valence-electron chi connectivity index (χ0n) is 9.72. The van der Waals surface area contributed by atoms with Crippen LogP contribution in [0.1, 0.15) is 0 Å². The van der Waals surface area contributed by atoms with Gasteiger partial charge in [0.15, 0.2) is 0 Å². The molecule has 1 N–H and O–H groups in total. The summed E-state index contributed by atoms with van der Waals surface area (Å²) in [5.74, 6) is 0.928. The van der Waals surface area contributed by atoms with Gasteiger partial charge in [0.2, 0.25) is 0 Å². The van der Waals surface area contributed by atoms with E-state index in [2.05, 4.69) is 22.1 Å². The Balaban J connectivity index is 0. The van der Waals surface area contributed by atoms with E-state index in [1.165, 1.54) is 0 Å². The fourth-order valence-corrected chi connectivity index (χ4v) is 1.69. The molecular formula is C13H10Cl3N2V. The third-order valence-electron chi connectivity index (χ3n) is 2.44. The van der Waals surface area contributed by atoms with Crippen LogP contribution in [-0.4, -0.2) is 9.97 Å². The van der Waals surface area contributed by atoms with Crippen molar-refractivity contribution in [2.24, 2.45) is 0 Å². The van der Waals surface area contributed by atoms with Crippen molar-refractivity contribution >= 4 is 11.0 Å². The molecule has 0 aliphatic carbocycles. The Labute approximate surface area is 142 Å². The number of hydrogen-bond acceptors (Lipinski definition) is 1. The number of H-pyrrole nitrogens is 1. The third-order valence-corrected chi connectivity index (χ3v) is 2.44. The largest absolute Gasteiger partial charge is 3.00 e. The van der Waals surface area contributed by atoms with Crippen LogP contribution in [0.15, 0.2) is 54.6 Å². The van der Waals surface area contributed by atoms with Gasteiger partial charge < -0.3 is 42.2 Å². The Morgan fingerprint density at radius 3 is 1.95 bits per heavy atom. The number of benzene rings is 2. The Morgan fingerprint density at radius 2 is 1.32 bits per heavy atom. The summed E-state index contributed by atoms with van der Waals surface area (Å²) in [5, 5.41) is 0. The number of nitrogens with zero attached hydrogens (tertiary/aromatic N) is 1. The maximum Gasteiger partial charge on any atom is 3.00 e. The van der Waals surface area contributed by atoms with Crippen molar-refractivity contribution < 1.29 is 55.8 Å². The number of fused-ring (bicyclic) bond motifs is 1. The SMILES string of the molecule is [Cl-].[Cl-].[Cl-].[V+3].c1ccc(-c2nc3ccccc3[nH]2)cc1. The van der Waals surface area contributed by atoms with Crippen LogP contribution in [0.5, 0.6) is 0 Å². The van der Waals surface area contributed by atoms with E-state index in [0.717, 1.165) is 22.4 Å². The average Bonchev–Trinajstić information content (AvgIpc) is 2.74. The molecule has 6 heteroatoms. The van der Waals surface area contributed by atoms with Crippen LogP contribution < -0.4 is 37.2 Å². The second-order valence-corrected chi connectivity index (χ2v) is 3.47. The number of imidazole rings is 1. The van der Waals surface area contributed by atoms with Gasteiger partial charge in [-0.1, -0.05) is 42.5 Å². The van der Waals surface area contributed by atoms with Crippen LogP contribution in [0, 0.1) is 0 Å². The summed E-state index contributed by atoms with van der Waals surface area (Å²) in [5.41, 5.74) is 3.21. The summed E-state index contributed by atoms with van der Waals surface area (Å²) < 4.78 is 0. The van der Waals surface area contributed by atoms with Crippen molar-refractivity contribution in [3.05, 3.63) is 54.6 Å². The quantitative estimate of drug-likeness (QED) is 0.465. The van der Waals surface area contributed by atoms with Gasteiger partial charge in [-0.05, 0) is 12.1 Å². The van der Waals surface area contributed by atoms with Crippen molar-refractivity contribution in [3.63, 3.8) is 0 Å². The number of hydrogen-bond donors (Lipinski definition) is 1. The molecule has 0 radical (unpaired) electrons. The number of halogens is 3. The molecule has 0 aliphatic rings. The molecule has 3 aromatic rings. The molecule has 2 aromatic carbocycles. The number of aromatic amines is 1. The van der Waals surface area contributed by atoms with E-state index in [1.807, 2.05) is 42.5 Å². The molecule has 3 rings (SSSR count). The zero-order valence-corrected chi connectivity index (χ0v) is 13.4. The fraction of sp³-hybridized carbons (Fsp3) is 0. The molecule has 0 spiro atoms. The fourth-order valence-electron chi connectivity index (χ4n) is 1.69. The number of para-hydroxylation sites is 2. The molecule has 0 bridgehead atoms. The van der Waals surface area contributed by atoms with Gasteiger partial charge in [-0.2, -0.15) is 0 Å². The first-order valence-corrected chi connectivity index (χ1v) is 4.94. The second kappa shape index (κ2) is 9.30. The molecule has 19 heavy (non-hydrogen) atoms. The predicted octanol–water partition coefficient (Wildman–Crippen LogP) is -5.76. The smallest absolute Gasteiger partial charge is 1.00 e. The van der Waals surface area contributed by atoms with E-state index in [9.17, 15) is 0 Å². The van der Waals surface area contributed by atoms with Gasteiger partial charge in [-0.25, -0.2) is 4.98 Å². The van der Waals surface area contributed by atoms with E-state index < -0.39 is 0 Å². The van der Waals surface area contributed by atoms with Gasteiger partial charge in [0.05, 0.1) is 11.0 Å². The molecule has 0 unspecified atom stereocenters. The van der Waals surface area contributed by atoms with E-state index in [0.29, 0.717) is 0 Å². The Kier molecular flexibility index (Phi) is 10.1. The molecule has 0 saturated heterocycles. The minimum absolute atomic E-state index is 0. The van der Waals surface area contributed by atoms with E-state index in [-0.39, 0.29) is 55.8 Å². The monoisotopic (exact) mass is 350 g/mol. The maximum absolute atomic E-state index is 4.53. The van der Waals surface area contributed by atoms with Crippen LogP contribution in [0.25, 0.3) is 22.4 Å². The Bertz CT molecular complexity index is 566. The first-order valence-electron chi connectivity index (χ1n) is 4.94. The van der Waals surface area contributed by atoms with Gasteiger partial charge in [0, 0.05) is 5.56 Å². The molecular weight excluding hydrogens is 341 g/mol. The molecule has 1 aromatic heterocycles. The first-order chi connectivity index (χ1) is 7.43. The Hall–Kier alpha value is -0.636. The van der Waals surface area contributed by atoms with Gasteiger partial charge in [0.25, 0.3) is 0 Å². The molecule has 0 atom stereocenters. The summed E-state index contributed by atoms with van der Waals surface area (Å²) in [6.07, 6.45) is 0. The van der Waals surface area contributed by atoms with Crippen LogP contribution in [-0.2, 0) is 18.6 Å². The predicted molar refractivity (Wildman–Crippen MR) is 61.5 cm³/mol. The van der Waals surface area contributed by atoms with E-state index >= 15 is 0 Å². The second-order valence-electron chi connectivity index (χ2n) is 3.47. The minimum Gasteiger partial charge on any atom is -1.00 e. The molecule has 98 valence electrons. The van der Waals surface area contributed by atoms with Crippen LogP contribution in [0.3, 0.4) is 0 Å². The first kappa shape index (κ1) is 20.7. The molecule has 0 aliphatic heterocycles. The average molecular weight is 352 g/mol. The minimum atomic E-state index is 0. The zero-order chi connectivity index (χ0) is 10.1. The van der Waals surface area contributed by atoms with Gasteiger partial charge in [-0.15, -0.1) is 0 Å². The van der Waals surface area contributed by atoms with Gasteiger partial charge in [-0.3, -0.25) is 0 Å². The normalized spacial score (nSPS) is 8.42. The summed E-state index contributed by atoms with van der Waals surface area (Å²) >= 11 is 0. The molecule has 2 nitrogen and oxygen atoms in total. The third kappa shape index (κ3) is 4.45. The molecule has 1 heterocycles. The summed E-state index contributed by atoms with van der Waals surface area (Å²) in [4.78, 5) is 7.83. The van der Waals surface area contributed by atoms with Crippen LogP contribution in [0.4, 0.5) is 0 Å². The van der Waals surface area contributed by atoms with Crippen molar-refractivity contribution in [1.82, 2.24) is 9.97 Å². The molecule has 0 saturated carbocycles. The standard InChI is InChI=1S/C13H10N2.3ClH.V/c1-2-6-10(7-3-1)13-14-11-8-4-5-9-12(11)15-13;;;;/h1-9H,(H,14,15);3*1H;/q;;;;+3/p-3. The van der Waals surface area contributed by atoms with E-state index in [1.54, 1.807) is 0 Å². The van der Waals surface area contributed by atoms with Crippen LogP contribution in [0.2, 0.25) is 0 Å².